The third-order valence-electron chi connectivity index (χ3n) is 3.63. The Labute approximate surface area is 162 Å². The van der Waals surface area contributed by atoms with Gasteiger partial charge in [0.25, 0.3) is 5.91 Å². The normalized spacial score (nSPS) is 9.85. The van der Waals surface area contributed by atoms with E-state index in [0.717, 1.165) is 5.56 Å². The number of rotatable bonds is 5. The minimum atomic E-state index is -0.526. The highest BCUT2D eigenvalue weighted by molar-refractivity contribution is 7.80. The van der Waals surface area contributed by atoms with Crippen LogP contribution in [0.4, 0.5) is 5.69 Å². The van der Waals surface area contributed by atoms with Crippen LogP contribution in [0.25, 0.3) is 0 Å². The monoisotopic (exact) mass is 385 g/mol. The maximum atomic E-state index is 12.3. The first-order chi connectivity index (χ1) is 12.9. The average molecular weight is 385 g/mol. The van der Waals surface area contributed by atoms with E-state index in [1.165, 1.54) is 13.2 Å². The summed E-state index contributed by atoms with van der Waals surface area (Å²) in [5, 5.41) is 8.12. The van der Waals surface area contributed by atoms with Crippen LogP contribution >= 0.6 is 12.2 Å². The molecule has 0 aliphatic rings. The van der Waals surface area contributed by atoms with Crippen LogP contribution in [0, 0.1) is 0 Å². The molecule has 2 rings (SSSR count). The molecule has 27 heavy (non-hydrogen) atoms. The molecule has 3 N–H and O–H groups in total. The number of carbonyl (C=O) groups excluding carboxylic acids is 3. The minimum absolute atomic E-state index is 0.0762. The van der Waals surface area contributed by atoms with Crippen molar-refractivity contribution in [3.05, 3.63) is 65.2 Å². The molecule has 0 aromatic heterocycles. The number of hydrogen-bond acceptors (Lipinski definition) is 5. The molecule has 0 fully saturated rings. The molecule has 0 radical (unpaired) electrons. The van der Waals surface area contributed by atoms with Crippen LogP contribution < -0.4 is 16.0 Å². The second-order valence-electron chi connectivity index (χ2n) is 5.53. The first-order valence-electron chi connectivity index (χ1n) is 8.03. The summed E-state index contributed by atoms with van der Waals surface area (Å²) in [6.07, 6.45) is 0.286. The number of thiocarbonyl (C=S) groups is 1. The maximum absolute atomic E-state index is 12.3. The Hall–Kier alpha value is -3.26. The Morgan fingerprint density at radius 2 is 1.70 bits per heavy atom. The quantitative estimate of drug-likeness (QED) is 0.537. The number of methoxy groups -OCH3 is 1. The van der Waals surface area contributed by atoms with Crippen molar-refractivity contribution in [3.63, 3.8) is 0 Å². The van der Waals surface area contributed by atoms with Gasteiger partial charge in [-0.3, -0.25) is 14.9 Å². The highest BCUT2D eigenvalue weighted by Crippen LogP contribution is 2.11. The van der Waals surface area contributed by atoms with Gasteiger partial charge in [0.1, 0.15) is 0 Å². The summed E-state index contributed by atoms with van der Waals surface area (Å²) in [6, 6.07) is 13.2. The van der Waals surface area contributed by atoms with Gasteiger partial charge in [-0.15, -0.1) is 0 Å². The van der Waals surface area contributed by atoms with Crippen molar-refractivity contribution in [2.24, 2.45) is 0 Å². The zero-order valence-corrected chi connectivity index (χ0v) is 15.7. The molecule has 7 nitrogen and oxygen atoms in total. The lowest BCUT2D eigenvalue weighted by Gasteiger charge is -2.10. The Morgan fingerprint density at radius 1 is 1.04 bits per heavy atom. The molecule has 140 valence electrons. The predicted molar refractivity (Wildman–Crippen MR) is 106 cm³/mol. The zero-order valence-electron chi connectivity index (χ0n) is 14.9. The zero-order chi connectivity index (χ0) is 19.8. The van der Waals surface area contributed by atoms with E-state index >= 15 is 0 Å². The standard InChI is InChI=1S/C19H19N3O4S/c1-20-16(23)10-12-6-8-15(9-7-12)21-19(27)22-17(24)13-4-3-5-14(11-13)18(25)26-2/h3-9,11H,10H2,1-2H3,(H,20,23)(H2,21,22,24,27). The van der Waals surface area contributed by atoms with E-state index in [1.54, 1.807) is 49.5 Å². The number of carbonyl (C=O) groups is 3. The summed E-state index contributed by atoms with van der Waals surface area (Å²) in [7, 11) is 2.86. The lowest BCUT2D eigenvalue weighted by molar-refractivity contribution is -0.119. The number of anilines is 1. The molecular weight excluding hydrogens is 366 g/mol. The third kappa shape index (κ3) is 5.89. The van der Waals surface area contributed by atoms with E-state index in [1.807, 2.05) is 0 Å². The van der Waals surface area contributed by atoms with Crippen LogP contribution in [0.3, 0.4) is 0 Å². The van der Waals surface area contributed by atoms with Gasteiger partial charge in [0, 0.05) is 18.3 Å². The second kappa shape index (κ2) is 9.44. The van der Waals surface area contributed by atoms with Gasteiger partial charge >= 0.3 is 5.97 Å². The van der Waals surface area contributed by atoms with Crippen molar-refractivity contribution in [3.8, 4) is 0 Å². The van der Waals surface area contributed by atoms with Gasteiger partial charge in [-0.25, -0.2) is 4.79 Å². The molecule has 0 aliphatic heterocycles. The Kier molecular flexibility index (Phi) is 7.01. The van der Waals surface area contributed by atoms with Gasteiger partial charge < -0.3 is 15.4 Å². The third-order valence-corrected chi connectivity index (χ3v) is 3.83. The number of nitrogens with one attached hydrogen (secondary N) is 3. The molecule has 2 amide bonds. The van der Waals surface area contributed by atoms with Crippen molar-refractivity contribution >= 4 is 40.8 Å². The van der Waals surface area contributed by atoms with Crippen molar-refractivity contribution < 1.29 is 19.1 Å². The molecule has 8 heteroatoms. The van der Waals surface area contributed by atoms with Crippen LogP contribution in [-0.4, -0.2) is 37.1 Å². The molecule has 0 bridgehead atoms. The predicted octanol–water partition coefficient (Wildman–Crippen LogP) is 1.89. The number of ether oxygens (including phenoxy) is 1. The lowest BCUT2D eigenvalue weighted by Crippen LogP contribution is -2.34. The minimum Gasteiger partial charge on any atom is -0.465 e. The van der Waals surface area contributed by atoms with Crippen molar-refractivity contribution in [1.82, 2.24) is 10.6 Å². The highest BCUT2D eigenvalue weighted by Gasteiger charge is 2.12. The van der Waals surface area contributed by atoms with Crippen molar-refractivity contribution in [2.45, 2.75) is 6.42 Å². The van der Waals surface area contributed by atoms with Crippen LogP contribution in [0.1, 0.15) is 26.3 Å². The number of likely N-dealkylation sites (N-methyl/N-ethyl adjacent to an activating group) is 1. The van der Waals surface area contributed by atoms with Gasteiger partial charge in [-0.1, -0.05) is 18.2 Å². The fourth-order valence-corrected chi connectivity index (χ4v) is 2.43. The first-order valence-corrected chi connectivity index (χ1v) is 8.44. The molecule has 0 aliphatic carbocycles. The van der Waals surface area contributed by atoms with Crippen molar-refractivity contribution in [1.29, 1.82) is 0 Å². The molecular formula is C19H19N3O4S. The van der Waals surface area contributed by atoms with E-state index in [9.17, 15) is 14.4 Å². The Morgan fingerprint density at radius 3 is 2.33 bits per heavy atom. The molecule has 0 heterocycles. The van der Waals surface area contributed by atoms with E-state index in [2.05, 4.69) is 20.7 Å². The van der Waals surface area contributed by atoms with Crippen LogP contribution in [-0.2, 0) is 16.0 Å². The highest BCUT2D eigenvalue weighted by atomic mass is 32.1. The van der Waals surface area contributed by atoms with Crippen LogP contribution in [0.5, 0.6) is 0 Å². The summed E-state index contributed by atoms with van der Waals surface area (Å²) in [6.45, 7) is 0. The number of amides is 2. The molecule has 0 atom stereocenters. The molecule has 0 spiro atoms. The summed E-state index contributed by atoms with van der Waals surface area (Å²) >= 11 is 5.14. The van der Waals surface area contributed by atoms with Gasteiger partial charge in [0.05, 0.1) is 19.1 Å². The first kappa shape index (κ1) is 20.1. The topological polar surface area (TPSA) is 96.5 Å². The van der Waals surface area contributed by atoms with Gasteiger partial charge in [-0.2, -0.15) is 0 Å². The van der Waals surface area contributed by atoms with Gasteiger partial charge in [-0.05, 0) is 48.1 Å². The van der Waals surface area contributed by atoms with Crippen LogP contribution in [0.2, 0.25) is 0 Å². The molecule has 2 aromatic rings. The number of esters is 1. The summed E-state index contributed by atoms with van der Waals surface area (Å²) in [5.74, 6) is -1.05. The fourth-order valence-electron chi connectivity index (χ4n) is 2.22. The van der Waals surface area contributed by atoms with Gasteiger partial charge in [0.2, 0.25) is 5.91 Å². The summed E-state index contributed by atoms with van der Waals surface area (Å²) < 4.78 is 4.64. The van der Waals surface area contributed by atoms with E-state index in [4.69, 9.17) is 12.2 Å². The average Bonchev–Trinajstić information content (AvgIpc) is 2.68. The van der Waals surface area contributed by atoms with Gasteiger partial charge in [0.15, 0.2) is 5.11 Å². The fraction of sp³-hybridized carbons (Fsp3) is 0.158. The number of benzene rings is 2. The van der Waals surface area contributed by atoms with Crippen molar-refractivity contribution in [2.75, 3.05) is 19.5 Å². The Bertz CT molecular complexity index is 866. The lowest BCUT2D eigenvalue weighted by atomic mass is 10.1. The number of hydrogen-bond donors (Lipinski definition) is 3. The molecule has 0 unspecified atom stereocenters. The van der Waals surface area contributed by atoms with E-state index in [-0.39, 0.29) is 28.6 Å². The maximum Gasteiger partial charge on any atom is 0.337 e. The largest absolute Gasteiger partial charge is 0.465 e. The summed E-state index contributed by atoms with van der Waals surface area (Å²) in [4.78, 5) is 35.2. The summed E-state index contributed by atoms with van der Waals surface area (Å²) in [5.41, 5.74) is 2.08. The SMILES string of the molecule is CNC(=O)Cc1ccc(NC(=S)NC(=O)c2cccc(C(=O)OC)c2)cc1. The molecule has 0 saturated carbocycles. The van der Waals surface area contributed by atoms with E-state index < -0.39 is 11.9 Å². The smallest absolute Gasteiger partial charge is 0.337 e. The second-order valence-corrected chi connectivity index (χ2v) is 5.94. The van der Waals surface area contributed by atoms with E-state index in [0.29, 0.717) is 5.69 Å². The van der Waals surface area contributed by atoms with Crippen LogP contribution in [0.15, 0.2) is 48.5 Å². The Balaban J connectivity index is 1.96. The molecule has 2 aromatic carbocycles. The molecule has 0 saturated heterocycles.